The zero-order chi connectivity index (χ0) is 12.8. The van der Waals surface area contributed by atoms with Gasteiger partial charge in [0, 0.05) is 25.2 Å². The summed E-state index contributed by atoms with van der Waals surface area (Å²) in [5.74, 6) is 0.892. The molecule has 0 amide bonds. The normalized spacial score (nSPS) is 16.4. The van der Waals surface area contributed by atoms with Crippen molar-refractivity contribution in [3.05, 3.63) is 29.8 Å². The number of amidine groups is 1. The molecule has 5 heteroatoms. The van der Waals surface area contributed by atoms with Crippen molar-refractivity contribution < 1.29 is 9.47 Å². The van der Waals surface area contributed by atoms with Crippen LogP contribution in [0.3, 0.4) is 0 Å². The van der Waals surface area contributed by atoms with Crippen LogP contribution in [0.2, 0.25) is 0 Å². The van der Waals surface area contributed by atoms with E-state index < -0.39 is 0 Å². The van der Waals surface area contributed by atoms with Crippen LogP contribution in [-0.4, -0.2) is 50.2 Å². The molecule has 2 rings (SSSR count). The Morgan fingerprint density at radius 3 is 2.56 bits per heavy atom. The standard InChI is InChI=1S/C13H19N3O2/c14-13(15)11-1-3-12(4-2-11)18-10-7-16-5-8-17-9-6-16/h1-4H,5-10H2,(H3,14,15). The van der Waals surface area contributed by atoms with Crippen molar-refractivity contribution in [2.75, 3.05) is 39.5 Å². The van der Waals surface area contributed by atoms with Gasteiger partial charge in [-0.2, -0.15) is 0 Å². The second-order valence-corrected chi connectivity index (χ2v) is 4.24. The van der Waals surface area contributed by atoms with Gasteiger partial charge in [0.05, 0.1) is 13.2 Å². The summed E-state index contributed by atoms with van der Waals surface area (Å²) in [6.45, 7) is 5.16. The lowest BCUT2D eigenvalue weighted by Gasteiger charge is -2.26. The number of nitrogens with two attached hydrogens (primary N) is 1. The molecule has 0 saturated carbocycles. The highest BCUT2D eigenvalue weighted by molar-refractivity contribution is 5.94. The van der Waals surface area contributed by atoms with E-state index in [4.69, 9.17) is 20.6 Å². The van der Waals surface area contributed by atoms with Gasteiger partial charge in [0.1, 0.15) is 18.2 Å². The molecule has 98 valence electrons. The number of rotatable bonds is 5. The fourth-order valence-electron chi connectivity index (χ4n) is 1.85. The van der Waals surface area contributed by atoms with Gasteiger partial charge in [-0.25, -0.2) is 0 Å². The van der Waals surface area contributed by atoms with Gasteiger partial charge in [0.25, 0.3) is 0 Å². The third-order valence-electron chi connectivity index (χ3n) is 2.95. The third kappa shape index (κ3) is 3.72. The molecule has 0 bridgehead atoms. The molecule has 1 heterocycles. The maximum Gasteiger partial charge on any atom is 0.122 e. The Hall–Kier alpha value is -1.59. The van der Waals surface area contributed by atoms with Crippen molar-refractivity contribution >= 4 is 5.84 Å². The highest BCUT2D eigenvalue weighted by Crippen LogP contribution is 2.11. The summed E-state index contributed by atoms with van der Waals surface area (Å²) in [6.07, 6.45) is 0. The van der Waals surface area contributed by atoms with E-state index in [0.29, 0.717) is 6.61 Å². The summed E-state index contributed by atoms with van der Waals surface area (Å²) in [7, 11) is 0. The van der Waals surface area contributed by atoms with Gasteiger partial charge in [-0.05, 0) is 24.3 Å². The molecule has 0 radical (unpaired) electrons. The minimum atomic E-state index is 0.0786. The van der Waals surface area contributed by atoms with Crippen molar-refractivity contribution in [3.8, 4) is 5.75 Å². The van der Waals surface area contributed by atoms with Gasteiger partial charge in [-0.3, -0.25) is 10.3 Å². The summed E-state index contributed by atoms with van der Waals surface area (Å²) in [4.78, 5) is 2.33. The van der Waals surface area contributed by atoms with Gasteiger partial charge in [0.2, 0.25) is 0 Å². The smallest absolute Gasteiger partial charge is 0.122 e. The van der Waals surface area contributed by atoms with Crippen molar-refractivity contribution in [2.45, 2.75) is 0 Å². The maximum absolute atomic E-state index is 7.30. The molecule has 3 N–H and O–H groups in total. The highest BCUT2D eigenvalue weighted by Gasteiger charge is 2.09. The van der Waals surface area contributed by atoms with Gasteiger partial charge in [-0.15, -0.1) is 0 Å². The molecule has 1 aromatic carbocycles. The Bertz CT molecular complexity index is 386. The molecule has 1 saturated heterocycles. The molecule has 0 spiro atoms. The Labute approximate surface area is 107 Å². The third-order valence-corrected chi connectivity index (χ3v) is 2.95. The predicted octanol–water partition coefficient (Wildman–Crippen LogP) is 0.682. The van der Waals surface area contributed by atoms with Crippen LogP contribution >= 0.6 is 0 Å². The first kappa shape index (κ1) is 12.9. The van der Waals surface area contributed by atoms with Crippen LogP contribution in [0, 0.1) is 5.41 Å². The van der Waals surface area contributed by atoms with E-state index in [1.165, 1.54) is 0 Å². The molecule has 0 aliphatic carbocycles. The van der Waals surface area contributed by atoms with E-state index in [9.17, 15) is 0 Å². The Kier molecular flexibility index (Phi) is 4.55. The fraction of sp³-hybridized carbons (Fsp3) is 0.462. The number of hydrogen-bond donors (Lipinski definition) is 2. The van der Waals surface area contributed by atoms with Crippen molar-refractivity contribution in [1.82, 2.24) is 4.90 Å². The molecule has 1 aliphatic heterocycles. The lowest BCUT2D eigenvalue weighted by Crippen LogP contribution is -2.38. The summed E-state index contributed by atoms with van der Waals surface area (Å²) < 4.78 is 10.9. The summed E-state index contributed by atoms with van der Waals surface area (Å²) >= 11 is 0. The van der Waals surface area contributed by atoms with Crippen LogP contribution in [-0.2, 0) is 4.74 Å². The molecule has 0 unspecified atom stereocenters. The van der Waals surface area contributed by atoms with Gasteiger partial charge in [-0.1, -0.05) is 0 Å². The minimum Gasteiger partial charge on any atom is -0.492 e. The van der Waals surface area contributed by atoms with E-state index in [2.05, 4.69) is 4.90 Å². The van der Waals surface area contributed by atoms with Crippen molar-refractivity contribution in [1.29, 1.82) is 5.41 Å². The number of ether oxygens (including phenoxy) is 2. The maximum atomic E-state index is 7.30. The largest absolute Gasteiger partial charge is 0.492 e. The molecule has 5 nitrogen and oxygen atoms in total. The van der Waals surface area contributed by atoms with E-state index in [1.54, 1.807) is 12.1 Å². The summed E-state index contributed by atoms with van der Waals surface area (Å²) in [5, 5.41) is 7.30. The second kappa shape index (κ2) is 6.37. The zero-order valence-electron chi connectivity index (χ0n) is 10.4. The molecule has 1 aromatic rings. The predicted molar refractivity (Wildman–Crippen MR) is 70.2 cm³/mol. The Morgan fingerprint density at radius 1 is 1.28 bits per heavy atom. The van der Waals surface area contributed by atoms with Gasteiger partial charge < -0.3 is 15.2 Å². The van der Waals surface area contributed by atoms with Crippen LogP contribution in [0.25, 0.3) is 0 Å². The average Bonchev–Trinajstić information content (AvgIpc) is 2.40. The Balaban J connectivity index is 1.74. The number of morpholine rings is 1. The lowest BCUT2D eigenvalue weighted by atomic mass is 10.2. The summed E-state index contributed by atoms with van der Waals surface area (Å²) in [6, 6.07) is 7.28. The van der Waals surface area contributed by atoms with E-state index in [1.807, 2.05) is 12.1 Å². The monoisotopic (exact) mass is 249 g/mol. The molecule has 0 atom stereocenters. The molecule has 0 aromatic heterocycles. The Morgan fingerprint density at radius 2 is 1.94 bits per heavy atom. The SMILES string of the molecule is N=C(N)c1ccc(OCCN2CCOCC2)cc1. The zero-order valence-corrected chi connectivity index (χ0v) is 10.4. The van der Waals surface area contributed by atoms with Crippen molar-refractivity contribution in [3.63, 3.8) is 0 Å². The highest BCUT2D eigenvalue weighted by atomic mass is 16.5. The van der Waals surface area contributed by atoms with Crippen LogP contribution in [0.5, 0.6) is 5.75 Å². The number of nitrogens with zero attached hydrogens (tertiary/aromatic N) is 1. The first-order chi connectivity index (χ1) is 8.75. The van der Waals surface area contributed by atoms with Gasteiger partial charge in [0.15, 0.2) is 0 Å². The van der Waals surface area contributed by atoms with Crippen LogP contribution in [0.1, 0.15) is 5.56 Å². The topological polar surface area (TPSA) is 71.6 Å². The minimum absolute atomic E-state index is 0.0786. The molecule has 1 aliphatic rings. The molecular formula is C13H19N3O2. The van der Waals surface area contributed by atoms with Crippen LogP contribution in [0.4, 0.5) is 0 Å². The number of nitrogen functional groups attached to an aromatic ring is 1. The van der Waals surface area contributed by atoms with E-state index >= 15 is 0 Å². The van der Waals surface area contributed by atoms with Gasteiger partial charge >= 0.3 is 0 Å². The first-order valence-corrected chi connectivity index (χ1v) is 6.13. The average molecular weight is 249 g/mol. The van der Waals surface area contributed by atoms with E-state index in [0.717, 1.165) is 44.2 Å². The molecule has 18 heavy (non-hydrogen) atoms. The van der Waals surface area contributed by atoms with Crippen LogP contribution in [0.15, 0.2) is 24.3 Å². The first-order valence-electron chi connectivity index (χ1n) is 6.13. The quantitative estimate of drug-likeness (QED) is 0.594. The molecular weight excluding hydrogens is 230 g/mol. The van der Waals surface area contributed by atoms with Crippen molar-refractivity contribution in [2.24, 2.45) is 5.73 Å². The molecule has 1 fully saturated rings. The van der Waals surface area contributed by atoms with Crippen LogP contribution < -0.4 is 10.5 Å². The van der Waals surface area contributed by atoms with E-state index in [-0.39, 0.29) is 5.84 Å². The number of nitrogens with one attached hydrogen (secondary N) is 1. The number of benzene rings is 1. The number of hydrogen-bond acceptors (Lipinski definition) is 4. The fourth-order valence-corrected chi connectivity index (χ4v) is 1.85. The second-order valence-electron chi connectivity index (χ2n) is 4.24. The summed E-state index contributed by atoms with van der Waals surface area (Å²) in [5.41, 5.74) is 6.10. The lowest BCUT2D eigenvalue weighted by molar-refractivity contribution is 0.0322.